The summed E-state index contributed by atoms with van der Waals surface area (Å²) in [5, 5.41) is 4.15. The zero-order valence-electron chi connectivity index (χ0n) is 13.8. The van der Waals surface area contributed by atoms with Crippen LogP contribution in [0.3, 0.4) is 0 Å². The lowest BCUT2D eigenvalue weighted by Crippen LogP contribution is -2.18. The Hall–Kier alpha value is -1.88. The lowest BCUT2D eigenvalue weighted by atomic mass is 9.87. The number of thiophene rings is 1. The third kappa shape index (κ3) is 3.55. The van der Waals surface area contributed by atoms with Gasteiger partial charge in [-0.15, -0.1) is 11.3 Å². The topological polar surface area (TPSA) is 54.6 Å². The van der Waals surface area contributed by atoms with E-state index in [9.17, 15) is 4.79 Å². The molecule has 1 aliphatic rings. The minimum Gasteiger partial charge on any atom is -0.460 e. The molecule has 0 aliphatic heterocycles. The molecule has 23 heavy (non-hydrogen) atoms. The van der Waals surface area contributed by atoms with Gasteiger partial charge in [0, 0.05) is 4.88 Å². The quantitative estimate of drug-likeness (QED) is 0.670. The van der Waals surface area contributed by atoms with Gasteiger partial charge < -0.3 is 4.42 Å². The fraction of sp³-hybridized carbons (Fsp3) is 0.444. The van der Waals surface area contributed by atoms with Crippen LogP contribution in [-0.4, -0.2) is 11.6 Å². The van der Waals surface area contributed by atoms with E-state index in [1.807, 2.05) is 32.0 Å². The first-order valence-electron chi connectivity index (χ1n) is 8.09. The van der Waals surface area contributed by atoms with Crippen LogP contribution in [0.2, 0.25) is 0 Å². The van der Waals surface area contributed by atoms with Crippen molar-refractivity contribution in [2.75, 3.05) is 0 Å². The summed E-state index contributed by atoms with van der Waals surface area (Å²) in [6, 6.07) is 5.78. The SMILES string of the molecule is CC[C@H]1CCc2sc(C(=O)N/N=C(/C)c3ccc(C)o3)cc2C1. The second-order valence-corrected chi connectivity index (χ2v) is 7.26. The number of carbonyl (C=O) groups excluding carboxylic acids is 1. The first kappa shape index (κ1) is 16.0. The molecule has 0 saturated heterocycles. The summed E-state index contributed by atoms with van der Waals surface area (Å²) in [6.45, 7) is 5.95. The summed E-state index contributed by atoms with van der Waals surface area (Å²) in [6.07, 6.45) is 4.65. The van der Waals surface area contributed by atoms with Crippen LogP contribution in [0, 0.1) is 12.8 Å². The van der Waals surface area contributed by atoms with E-state index in [-0.39, 0.29) is 5.91 Å². The van der Waals surface area contributed by atoms with Gasteiger partial charge in [-0.1, -0.05) is 13.3 Å². The van der Waals surface area contributed by atoms with Crippen molar-refractivity contribution in [3.05, 3.63) is 45.0 Å². The van der Waals surface area contributed by atoms with E-state index in [0.29, 0.717) is 11.5 Å². The highest BCUT2D eigenvalue weighted by molar-refractivity contribution is 7.14. The van der Waals surface area contributed by atoms with Crippen LogP contribution in [0.25, 0.3) is 0 Å². The Morgan fingerprint density at radius 1 is 1.48 bits per heavy atom. The van der Waals surface area contributed by atoms with Gasteiger partial charge in [-0.25, -0.2) is 5.43 Å². The molecule has 122 valence electrons. The lowest BCUT2D eigenvalue weighted by molar-refractivity contribution is 0.0959. The first-order valence-corrected chi connectivity index (χ1v) is 8.91. The Morgan fingerprint density at radius 2 is 2.30 bits per heavy atom. The van der Waals surface area contributed by atoms with Crippen LogP contribution in [0.5, 0.6) is 0 Å². The summed E-state index contributed by atoms with van der Waals surface area (Å²) in [7, 11) is 0. The molecule has 3 rings (SSSR count). The molecular weight excluding hydrogens is 308 g/mol. The molecule has 0 unspecified atom stereocenters. The van der Waals surface area contributed by atoms with Crippen LogP contribution in [0.1, 0.15) is 58.3 Å². The second-order valence-electron chi connectivity index (χ2n) is 6.12. The minimum atomic E-state index is -0.139. The van der Waals surface area contributed by atoms with Gasteiger partial charge in [0.15, 0.2) is 0 Å². The zero-order chi connectivity index (χ0) is 16.4. The lowest BCUT2D eigenvalue weighted by Gasteiger charge is -2.19. The molecule has 2 heterocycles. The standard InChI is InChI=1S/C18H22N2O2S/c1-4-13-6-8-16-14(9-13)10-17(23-16)18(21)20-19-12(3)15-7-5-11(2)22-15/h5,7,10,13H,4,6,8-9H2,1-3H3,(H,20,21)/b19-12-/t13-/m0/s1. The molecule has 0 radical (unpaired) electrons. The predicted molar refractivity (Wildman–Crippen MR) is 93.2 cm³/mol. The molecule has 1 amide bonds. The van der Waals surface area contributed by atoms with Crippen molar-refractivity contribution < 1.29 is 9.21 Å². The van der Waals surface area contributed by atoms with Gasteiger partial charge in [-0.2, -0.15) is 5.10 Å². The number of amides is 1. The molecule has 5 heteroatoms. The zero-order valence-corrected chi connectivity index (χ0v) is 14.6. The summed E-state index contributed by atoms with van der Waals surface area (Å²) >= 11 is 1.60. The van der Waals surface area contributed by atoms with Gasteiger partial charge in [0.05, 0.1) is 4.88 Å². The van der Waals surface area contributed by atoms with Gasteiger partial charge in [0.25, 0.3) is 5.91 Å². The molecule has 0 aromatic carbocycles. The first-order chi connectivity index (χ1) is 11.1. The van der Waals surface area contributed by atoms with E-state index in [4.69, 9.17) is 4.42 Å². The summed E-state index contributed by atoms with van der Waals surface area (Å²) in [5.74, 6) is 2.13. The normalized spacial score (nSPS) is 17.9. The average Bonchev–Trinajstić information content (AvgIpc) is 3.17. The van der Waals surface area contributed by atoms with Crippen molar-refractivity contribution in [2.24, 2.45) is 11.0 Å². The van der Waals surface area contributed by atoms with Crippen LogP contribution in [0.4, 0.5) is 0 Å². The minimum absolute atomic E-state index is 0.139. The highest BCUT2D eigenvalue weighted by Crippen LogP contribution is 2.33. The molecule has 2 aromatic rings. The van der Waals surface area contributed by atoms with Crippen molar-refractivity contribution in [1.29, 1.82) is 0 Å². The van der Waals surface area contributed by atoms with Crippen molar-refractivity contribution in [2.45, 2.75) is 46.5 Å². The number of nitrogens with zero attached hydrogens (tertiary/aromatic N) is 1. The number of hydrogen-bond acceptors (Lipinski definition) is 4. The molecule has 4 nitrogen and oxygen atoms in total. The maximum atomic E-state index is 12.3. The van der Waals surface area contributed by atoms with Crippen molar-refractivity contribution in [1.82, 2.24) is 5.43 Å². The van der Waals surface area contributed by atoms with Gasteiger partial charge in [0.2, 0.25) is 0 Å². The molecule has 2 aromatic heterocycles. The van der Waals surface area contributed by atoms with Gasteiger partial charge in [-0.05, 0) is 62.8 Å². The molecule has 1 N–H and O–H groups in total. The third-order valence-electron chi connectivity index (χ3n) is 4.41. The van der Waals surface area contributed by atoms with Gasteiger partial charge in [0.1, 0.15) is 17.2 Å². The summed E-state index contributed by atoms with van der Waals surface area (Å²) in [4.78, 5) is 14.4. The molecule has 0 spiro atoms. The van der Waals surface area contributed by atoms with Crippen molar-refractivity contribution >= 4 is 23.0 Å². The van der Waals surface area contributed by atoms with Crippen LogP contribution < -0.4 is 5.43 Å². The Morgan fingerprint density at radius 3 is 3.00 bits per heavy atom. The average molecular weight is 330 g/mol. The monoisotopic (exact) mass is 330 g/mol. The Kier molecular flexibility index (Phi) is 4.66. The maximum Gasteiger partial charge on any atom is 0.281 e. The van der Waals surface area contributed by atoms with Gasteiger partial charge in [-0.3, -0.25) is 4.79 Å². The summed E-state index contributed by atoms with van der Waals surface area (Å²) < 4.78 is 5.49. The number of nitrogens with one attached hydrogen (secondary N) is 1. The van der Waals surface area contributed by atoms with Crippen LogP contribution >= 0.6 is 11.3 Å². The Labute approximate surface area is 140 Å². The highest BCUT2D eigenvalue weighted by atomic mass is 32.1. The molecule has 1 atom stereocenters. The third-order valence-corrected chi connectivity index (χ3v) is 5.64. The molecule has 0 fully saturated rings. The van der Waals surface area contributed by atoms with E-state index in [2.05, 4.69) is 17.5 Å². The number of carbonyl (C=O) groups is 1. The molecule has 0 saturated carbocycles. The van der Waals surface area contributed by atoms with E-state index >= 15 is 0 Å². The van der Waals surface area contributed by atoms with Gasteiger partial charge >= 0.3 is 0 Å². The number of hydrazone groups is 1. The fourth-order valence-corrected chi connectivity index (χ4v) is 4.03. The number of aryl methyl sites for hydroxylation is 2. The van der Waals surface area contributed by atoms with Crippen molar-refractivity contribution in [3.8, 4) is 0 Å². The number of fused-ring (bicyclic) bond motifs is 1. The highest BCUT2D eigenvalue weighted by Gasteiger charge is 2.22. The second kappa shape index (κ2) is 6.71. The Balaban J connectivity index is 1.68. The molecular formula is C18H22N2O2S. The number of hydrogen-bond donors (Lipinski definition) is 1. The molecule has 0 bridgehead atoms. The van der Waals surface area contributed by atoms with Crippen LogP contribution in [-0.2, 0) is 12.8 Å². The fourth-order valence-electron chi connectivity index (χ4n) is 2.93. The predicted octanol–water partition coefficient (Wildman–Crippen LogP) is 4.32. The van der Waals surface area contributed by atoms with Crippen LogP contribution in [0.15, 0.2) is 27.7 Å². The van der Waals surface area contributed by atoms with Crippen molar-refractivity contribution in [3.63, 3.8) is 0 Å². The Bertz CT molecular complexity index is 742. The number of furan rings is 1. The summed E-state index contributed by atoms with van der Waals surface area (Å²) in [5.41, 5.74) is 4.65. The van der Waals surface area contributed by atoms with E-state index < -0.39 is 0 Å². The maximum absolute atomic E-state index is 12.3. The smallest absolute Gasteiger partial charge is 0.281 e. The largest absolute Gasteiger partial charge is 0.460 e. The number of rotatable bonds is 4. The van der Waals surface area contributed by atoms with E-state index in [0.717, 1.165) is 29.4 Å². The van der Waals surface area contributed by atoms with E-state index in [1.165, 1.54) is 23.3 Å². The molecule has 1 aliphatic carbocycles. The van der Waals surface area contributed by atoms with E-state index in [1.54, 1.807) is 11.3 Å².